The van der Waals surface area contributed by atoms with Crippen molar-refractivity contribution >= 4 is 33.3 Å². The van der Waals surface area contributed by atoms with Crippen molar-refractivity contribution in [2.75, 3.05) is 36.9 Å². The number of carbonyl (C=O) groups excluding carboxylic acids is 1. The molecule has 0 spiro atoms. The summed E-state index contributed by atoms with van der Waals surface area (Å²) in [5, 5.41) is 18.7. The molecule has 0 atom stereocenters. The second kappa shape index (κ2) is 9.86. The van der Waals surface area contributed by atoms with E-state index in [1.54, 1.807) is 36.1 Å². The number of carbonyl (C=O) groups is 1. The van der Waals surface area contributed by atoms with Crippen LogP contribution in [0.15, 0.2) is 47.1 Å². The molecule has 3 N–H and O–H groups in total. The lowest BCUT2D eigenvalue weighted by molar-refractivity contribution is -0.00384. The van der Waals surface area contributed by atoms with E-state index in [2.05, 4.69) is 36.6 Å². The molecule has 0 bridgehead atoms. The van der Waals surface area contributed by atoms with Crippen LogP contribution in [0.3, 0.4) is 0 Å². The van der Waals surface area contributed by atoms with Gasteiger partial charge in [0.25, 0.3) is 0 Å². The Labute approximate surface area is 197 Å². The average Bonchev–Trinajstić information content (AvgIpc) is 3.07. The van der Waals surface area contributed by atoms with E-state index in [4.69, 9.17) is 4.74 Å². The summed E-state index contributed by atoms with van der Waals surface area (Å²) in [4.78, 5) is 14.5. The molecule has 1 aromatic heterocycles. The van der Waals surface area contributed by atoms with Crippen LogP contribution in [0.5, 0.6) is 5.75 Å². The van der Waals surface area contributed by atoms with E-state index in [-0.39, 0.29) is 11.8 Å². The topological polar surface area (TPSA) is 91.7 Å². The van der Waals surface area contributed by atoms with Crippen LogP contribution < -0.4 is 15.4 Å². The quantitative estimate of drug-likeness (QED) is 0.439. The van der Waals surface area contributed by atoms with Crippen molar-refractivity contribution in [3.8, 4) is 17.0 Å². The van der Waals surface area contributed by atoms with E-state index in [1.807, 2.05) is 0 Å². The number of rotatable bonds is 7. The van der Waals surface area contributed by atoms with Crippen LogP contribution in [-0.2, 0) is 7.05 Å². The van der Waals surface area contributed by atoms with Crippen molar-refractivity contribution in [1.82, 2.24) is 14.7 Å². The van der Waals surface area contributed by atoms with Gasteiger partial charge in [-0.25, -0.2) is 13.6 Å². The van der Waals surface area contributed by atoms with E-state index in [1.165, 1.54) is 0 Å². The van der Waals surface area contributed by atoms with Crippen molar-refractivity contribution in [2.24, 2.45) is 7.05 Å². The minimum atomic E-state index is -0.872. The summed E-state index contributed by atoms with van der Waals surface area (Å²) in [6.07, 6.45) is 1.39. The lowest BCUT2D eigenvalue weighted by atomic mass is 10.1. The molecule has 0 saturated carbocycles. The number of urea groups is 1. The molecule has 2 heterocycles. The van der Waals surface area contributed by atoms with Crippen molar-refractivity contribution in [2.45, 2.75) is 6.10 Å². The van der Waals surface area contributed by atoms with Gasteiger partial charge >= 0.3 is 6.03 Å². The van der Waals surface area contributed by atoms with Crippen LogP contribution in [0.25, 0.3) is 11.3 Å². The molecule has 2 amide bonds. The summed E-state index contributed by atoms with van der Waals surface area (Å²) < 4.78 is 35.3. The van der Waals surface area contributed by atoms with Crippen LogP contribution in [0.4, 0.5) is 25.0 Å². The minimum absolute atomic E-state index is 0.139. The maximum Gasteiger partial charge on any atom is 0.323 e. The number of ether oxygens (including phenoxy) is 1. The summed E-state index contributed by atoms with van der Waals surface area (Å²) >= 11 is 3.49. The first-order valence-corrected chi connectivity index (χ1v) is 11.0. The second-order valence-corrected chi connectivity index (χ2v) is 8.50. The van der Waals surface area contributed by atoms with Gasteiger partial charge < -0.3 is 20.5 Å². The first kappa shape index (κ1) is 23.1. The van der Waals surface area contributed by atoms with E-state index >= 15 is 0 Å². The standard InChI is InChI=1S/C22H22BrF2N5O3/c1-29-21(17(23)10-26-29)16-9-14(3-5-20(16)33-7-6-30-11-15(31)12-30)27-22(32)28-19-4-2-13(24)8-18(19)25/h2-5,8-10,15,31H,6-7,11-12H2,1H3,(H2,27,28,32). The van der Waals surface area contributed by atoms with Crippen LogP contribution in [0.2, 0.25) is 0 Å². The maximum atomic E-state index is 13.8. The number of β-amino-alcohol motifs (C(OH)–C–C–N with tert-alkyl or cyclic N) is 1. The molecule has 11 heteroatoms. The van der Waals surface area contributed by atoms with Crippen molar-refractivity contribution in [1.29, 1.82) is 0 Å². The third-order valence-corrected chi connectivity index (χ3v) is 5.75. The van der Waals surface area contributed by atoms with Crippen LogP contribution >= 0.6 is 15.9 Å². The number of benzene rings is 2. The van der Waals surface area contributed by atoms with Gasteiger partial charge in [-0.15, -0.1) is 0 Å². The number of amides is 2. The lowest BCUT2D eigenvalue weighted by Gasteiger charge is -2.35. The number of likely N-dealkylation sites (tertiary alicyclic amines) is 1. The molecular weight excluding hydrogens is 500 g/mol. The monoisotopic (exact) mass is 521 g/mol. The minimum Gasteiger partial charge on any atom is -0.492 e. The van der Waals surface area contributed by atoms with Crippen molar-refractivity contribution < 1.29 is 23.4 Å². The lowest BCUT2D eigenvalue weighted by Crippen LogP contribution is -2.51. The summed E-state index contributed by atoms with van der Waals surface area (Å²) in [6.45, 7) is 2.37. The Hall–Kier alpha value is -3.02. The molecule has 1 aliphatic heterocycles. The zero-order valence-corrected chi connectivity index (χ0v) is 19.3. The number of anilines is 2. The third-order valence-electron chi connectivity index (χ3n) is 5.17. The fourth-order valence-corrected chi connectivity index (χ4v) is 4.08. The van der Waals surface area contributed by atoms with E-state index < -0.39 is 17.7 Å². The highest BCUT2D eigenvalue weighted by molar-refractivity contribution is 9.10. The summed E-state index contributed by atoms with van der Waals surface area (Å²) in [5.41, 5.74) is 1.74. The summed E-state index contributed by atoms with van der Waals surface area (Å²) in [6, 6.07) is 7.34. The summed E-state index contributed by atoms with van der Waals surface area (Å²) in [7, 11) is 1.79. The number of hydrogen-bond donors (Lipinski definition) is 3. The number of aryl methyl sites for hydroxylation is 1. The van der Waals surface area contributed by atoms with Crippen LogP contribution in [0.1, 0.15) is 0 Å². The Morgan fingerprint density at radius 1 is 1.24 bits per heavy atom. The van der Waals surface area contributed by atoms with Gasteiger partial charge in [0.15, 0.2) is 0 Å². The van der Waals surface area contributed by atoms with Gasteiger partial charge in [-0.1, -0.05) is 0 Å². The molecule has 33 heavy (non-hydrogen) atoms. The molecule has 0 unspecified atom stereocenters. The Morgan fingerprint density at radius 2 is 2.03 bits per heavy atom. The largest absolute Gasteiger partial charge is 0.492 e. The number of halogens is 3. The highest BCUT2D eigenvalue weighted by Gasteiger charge is 2.24. The summed E-state index contributed by atoms with van der Waals surface area (Å²) in [5.74, 6) is -1.01. The number of nitrogens with one attached hydrogen (secondary N) is 2. The van der Waals surface area contributed by atoms with Gasteiger partial charge in [-0.2, -0.15) is 5.10 Å². The van der Waals surface area contributed by atoms with Crippen molar-refractivity contribution in [3.05, 3.63) is 58.7 Å². The normalized spacial score (nSPS) is 14.1. The molecule has 1 aliphatic rings. The molecule has 1 fully saturated rings. The fourth-order valence-electron chi connectivity index (χ4n) is 3.52. The molecular formula is C22H22BrF2N5O3. The zero-order valence-electron chi connectivity index (χ0n) is 17.7. The molecule has 1 saturated heterocycles. The molecule has 2 aromatic carbocycles. The average molecular weight is 522 g/mol. The van der Waals surface area contributed by atoms with Gasteiger partial charge in [-0.05, 0) is 46.3 Å². The Balaban J connectivity index is 1.51. The Kier molecular flexibility index (Phi) is 6.91. The number of aliphatic hydroxyl groups excluding tert-OH is 1. The first-order chi connectivity index (χ1) is 15.8. The first-order valence-electron chi connectivity index (χ1n) is 10.2. The van der Waals surface area contributed by atoms with E-state index in [0.29, 0.717) is 49.3 Å². The second-order valence-electron chi connectivity index (χ2n) is 7.64. The predicted octanol–water partition coefficient (Wildman–Crippen LogP) is 3.83. The van der Waals surface area contributed by atoms with E-state index in [0.717, 1.165) is 22.3 Å². The van der Waals surface area contributed by atoms with Crippen LogP contribution in [0, 0.1) is 11.6 Å². The van der Waals surface area contributed by atoms with Gasteiger partial charge in [0.2, 0.25) is 0 Å². The molecule has 4 rings (SSSR count). The highest BCUT2D eigenvalue weighted by Crippen LogP contribution is 2.36. The zero-order chi connectivity index (χ0) is 23.5. The highest BCUT2D eigenvalue weighted by atomic mass is 79.9. The van der Waals surface area contributed by atoms with Gasteiger partial charge in [0, 0.05) is 44.0 Å². The van der Waals surface area contributed by atoms with E-state index in [9.17, 15) is 18.7 Å². The molecule has 3 aromatic rings. The predicted molar refractivity (Wildman–Crippen MR) is 123 cm³/mol. The number of aliphatic hydroxyl groups is 1. The Bertz CT molecular complexity index is 1150. The van der Waals surface area contributed by atoms with Crippen molar-refractivity contribution in [3.63, 3.8) is 0 Å². The van der Waals surface area contributed by atoms with Gasteiger partial charge in [0.05, 0.1) is 28.2 Å². The fraction of sp³-hybridized carbons (Fsp3) is 0.273. The third kappa shape index (κ3) is 5.49. The SMILES string of the molecule is Cn1ncc(Br)c1-c1cc(NC(=O)Nc2ccc(F)cc2F)ccc1OCCN1CC(O)C1. The Morgan fingerprint density at radius 3 is 2.70 bits per heavy atom. The van der Waals surface area contributed by atoms with Crippen LogP contribution in [-0.4, -0.2) is 58.2 Å². The molecule has 0 aliphatic carbocycles. The molecule has 174 valence electrons. The number of nitrogens with zero attached hydrogens (tertiary/aromatic N) is 3. The maximum absolute atomic E-state index is 13.8. The number of hydrogen-bond acceptors (Lipinski definition) is 5. The smallest absolute Gasteiger partial charge is 0.323 e. The molecule has 0 radical (unpaired) electrons. The number of aromatic nitrogens is 2. The van der Waals surface area contributed by atoms with Gasteiger partial charge in [-0.3, -0.25) is 9.58 Å². The molecule has 8 nitrogen and oxygen atoms in total. The van der Waals surface area contributed by atoms with Gasteiger partial charge in [0.1, 0.15) is 24.0 Å².